The number of benzene rings is 2. The van der Waals surface area contributed by atoms with E-state index in [4.69, 9.17) is 9.47 Å². The van der Waals surface area contributed by atoms with Crippen molar-refractivity contribution in [2.24, 2.45) is 0 Å². The molecule has 0 saturated heterocycles. The Morgan fingerprint density at radius 3 is 2.43 bits per heavy atom. The third-order valence-corrected chi connectivity index (χ3v) is 3.37. The second-order valence-electron chi connectivity index (χ2n) is 5.19. The summed E-state index contributed by atoms with van der Waals surface area (Å²) in [5.41, 5.74) is -1.56. The van der Waals surface area contributed by atoms with E-state index in [-0.39, 0.29) is 22.7 Å². The maximum Gasteiger partial charge on any atom is 0.342 e. The zero-order chi connectivity index (χ0) is 20.8. The molecule has 0 spiro atoms. The van der Waals surface area contributed by atoms with Crippen molar-refractivity contribution in [2.45, 2.75) is 0 Å². The van der Waals surface area contributed by atoms with Crippen molar-refractivity contribution in [1.82, 2.24) is 0 Å². The first-order chi connectivity index (χ1) is 13.2. The van der Waals surface area contributed by atoms with Crippen LogP contribution in [-0.4, -0.2) is 35.4 Å². The first-order valence-corrected chi connectivity index (χ1v) is 7.46. The minimum absolute atomic E-state index is 0.00478. The van der Waals surface area contributed by atoms with Crippen LogP contribution in [0.15, 0.2) is 36.4 Å². The molecule has 0 aliphatic carbocycles. The zero-order valence-electron chi connectivity index (χ0n) is 14.2. The molecule has 0 aromatic heterocycles. The predicted molar refractivity (Wildman–Crippen MR) is 91.6 cm³/mol. The molecular weight excluding hydrogens is 381 g/mol. The van der Waals surface area contributed by atoms with Gasteiger partial charge in [-0.15, -0.1) is 0 Å². The van der Waals surface area contributed by atoms with Gasteiger partial charge in [-0.25, -0.2) is 4.79 Å². The van der Waals surface area contributed by atoms with E-state index in [1.54, 1.807) is 0 Å². The van der Waals surface area contributed by atoms with E-state index in [9.17, 15) is 34.2 Å². The molecule has 146 valence electrons. The van der Waals surface area contributed by atoms with Crippen LogP contribution >= 0.6 is 0 Å². The Kier molecular flexibility index (Phi) is 6.16. The van der Waals surface area contributed by atoms with Crippen LogP contribution in [-0.2, 0) is 9.53 Å². The standard InChI is InChI=1S/C16H12FN3O8/c1-27-14-5-3-10(19(23)24)7-11(14)16(22)28-8-15(21)18-9-2-4-12(17)13(6-9)20(25)26/h2-7H,8H2,1H3,(H,18,21). The number of amides is 1. The Morgan fingerprint density at radius 1 is 1.11 bits per heavy atom. The topological polar surface area (TPSA) is 151 Å². The Morgan fingerprint density at radius 2 is 1.82 bits per heavy atom. The first kappa shape index (κ1) is 20.2. The smallest absolute Gasteiger partial charge is 0.342 e. The maximum absolute atomic E-state index is 13.3. The zero-order valence-corrected chi connectivity index (χ0v) is 14.2. The molecule has 0 aliphatic heterocycles. The number of ether oxygens (including phenoxy) is 2. The molecule has 1 N–H and O–H groups in total. The Bertz CT molecular complexity index is 963. The summed E-state index contributed by atoms with van der Waals surface area (Å²) in [6, 6.07) is 5.95. The highest BCUT2D eigenvalue weighted by Gasteiger charge is 2.20. The van der Waals surface area contributed by atoms with Gasteiger partial charge in [-0.1, -0.05) is 0 Å². The van der Waals surface area contributed by atoms with Crippen molar-refractivity contribution >= 4 is 28.9 Å². The second kappa shape index (κ2) is 8.53. The summed E-state index contributed by atoms with van der Waals surface area (Å²) in [6.45, 7) is -0.796. The Hall–Kier alpha value is -4.09. The van der Waals surface area contributed by atoms with Gasteiger partial charge < -0.3 is 14.8 Å². The van der Waals surface area contributed by atoms with E-state index in [0.717, 1.165) is 30.3 Å². The average Bonchev–Trinajstić information content (AvgIpc) is 2.66. The van der Waals surface area contributed by atoms with Crippen LogP contribution in [0.25, 0.3) is 0 Å². The lowest BCUT2D eigenvalue weighted by atomic mass is 10.2. The highest BCUT2D eigenvalue weighted by molar-refractivity contribution is 5.97. The number of non-ortho nitro benzene ring substituents is 1. The van der Waals surface area contributed by atoms with Crippen LogP contribution in [0.4, 0.5) is 21.5 Å². The fraction of sp³-hybridized carbons (Fsp3) is 0.125. The number of rotatable bonds is 7. The number of nitrogens with zero attached hydrogens (tertiary/aromatic N) is 2. The Balaban J connectivity index is 2.06. The summed E-state index contributed by atoms with van der Waals surface area (Å²) in [6.07, 6.45) is 0. The van der Waals surface area contributed by atoms with E-state index in [0.29, 0.717) is 0 Å². The largest absolute Gasteiger partial charge is 0.496 e. The maximum atomic E-state index is 13.3. The lowest BCUT2D eigenvalue weighted by Gasteiger charge is -2.09. The second-order valence-corrected chi connectivity index (χ2v) is 5.19. The highest BCUT2D eigenvalue weighted by atomic mass is 19.1. The molecule has 0 fully saturated rings. The van der Waals surface area contributed by atoms with Gasteiger partial charge in [0.25, 0.3) is 11.6 Å². The molecule has 0 saturated carbocycles. The summed E-state index contributed by atoms with van der Waals surface area (Å²) >= 11 is 0. The molecular formula is C16H12FN3O8. The minimum atomic E-state index is -1.08. The number of hydrogen-bond acceptors (Lipinski definition) is 8. The van der Waals surface area contributed by atoms with Crippen LogP contribution in [0, 0.1) is 26.0 Å². The average molecular weight is 393 g/mol. The van der Waals surface area contributed by atoms with Crippen molar-refractivity contribution in [3.8, 4) is 5.75 Å². The minimum Gasteiger partial charge on any atom is -0.496 e. The van der Waals surface area contributed by atoms with E-state index < -0.39 is 39.8 Å². The quantitative estimate of drug-likeness (QED) is 0.428. The van der Waals surface area contributed by atoms with Crippen LogP contribution in [0.2, 0.25) is 0 Å². The van der Waals surface area contributed by atoms with Crippen molar-refractivity contribution in [2.75, 3.05) is 19.0 Å². The van der Waals surface area contributed by atoms with Gasteiger partial charge in [-0.3, -0.25) is 25.0 Å². The van der Waals surface area contributed by atoms with E-state index in [1.807, 2.05) is 0 Å². The summed E-state index contributed by atoms with van der Waals surface area (Å²) in [4.78, 5) is 43.8. The number of nitro groups is 2. The van der Waals surface area contributed by atoms with E-state index in [1.165, 1.54) is 13.2 Å². The lowest BCUT2D eigenvalue weighted by Crippen LogP contribution is -2.21. The molecule has 12 heteroatoms. The van der Waals surface area contributed by atoms with Crippen LogP contribution in [0.3, 0.4) is 0 Å². The first-order valence-electron chi connectivity index (χ1n) is 7.46. The number of nitrogens with one attached hydrogen (secondary N) is 1. The fourth-order valence-corrected chi connectivity index (χ4v) is 2.11. The van der Waals surface area contributed by atoms with Crippen molar-refractivity contribution in [3.05, 3.63) is 68.0 Å². The number of hydrogen-bond donors (Lipinski definition) is 1. The summed E-state index contributed by atoms with van der Waals surface area (Å²) in [5, 5.41) is 23.7. The molecule has 0 aliphatic rings. The third kappa shape index (κ3) is 4.75. The molecule has 1 amide bonds. The van der Waals surface area contributed by atoms with Crippen molar-refractivity contribution < 1.29 is 33.3 Å². The molecule has 0 heterocycles. The highest BCUT2D eigenvalue weighted by Crippen LogP contribution is 2.25. The molecule has 0 atom stereocenters. The number of halogens is 1. The van der Waals surface area contributed by atoms with Crippen molar-refractivity contribution in [3.63, 3.8) is 0 Å². The SMILES string of the molecule is COc1ccc([N+](=O)[O-])cc1C(=O)OCC(=O)Nc1ccc(F)c([N+](=O)[O-])c1. The van der Waals surface area contributed by atoms with Crippen LogP contribution < -0.4 is 10.1 Å². The summed E-state index contributed by atoms with van der Waals surface area (Å²) in [5.74, 6) is -2.99. The number of nitro benzene ring substituents is 2. The van der Waals surface area contributed by atoms with Gasteiger partial charge in [0.15, 0.2) is 6.61 Å². The van der Waals surface area contributed by atoms with Gasteiger partial charge in [0.05, 0.1) is 17.0 Å². The molecule has 28 heavy (non-hydrogen) atoms. The van der Waals surface area contributed by atoms with Gasteiger partial charge in [0, 0.05) is 23.9 Å². The molecule has 2 aromatic carbocycles. The van der Waals surface area contributed by atoms with Crippen molar-refractivity contribution in [1.29, 1.82) is 0 Å². The van der Waals surface area contributed by atoms with Gasteiger partial charge in [-0.2, -0.15) is 4.39 Å². The molecule has 0 unspecified atom stereocenters. The van der Waals surface area contributed by atoms with E-state index >= 15 is 0 Å². The summed E-state index contributed by atoms with van der Waals surface area (Å²) < 4.78 is 23.0. The molecule has 2 rings (SSSR count). The van der Waals surface area contributed by atoms with Gasteiger partial charge >= 0.3 is 11.7 Å². The number of methoxy groups -OCH3 is 1. The molecule has 11 nitrogen and oxygen atoms in total. The number of esters is 1. The lowest BCUT2D eigenvalue weighted by molar-refractivity contribution is -0.387. The monoisotopic (exact) mass is 393 g/mol. The van der Waals surface area contributed by atoms with Gasteiger partial charge in [0.1, 0.15) is 11.3 Å². The predicted octanol–water partition coefficient (Wildman–Crippen LogP) is 2.45. The fourth-order valence-electron chi connectivity index (χ4n) is 2.11. The molecule has 0 radical (unpaired) electrons. The number of carbonyl (C=O) groups is 2. The van der Waals surface area contributed by atoms with Gasteiger partial charge in [0.2, 0.25) is 5.82 Å². The number of anilines is 1. The summed E-state index contributed by atoms with van der Waals surface area (Å²) in [7, 11) is 1.24. The molecule has 2 aromatic rings. The normalized spacial score (nSPS) is 10.1. The third-order valence-electron chi connectivity index (χ3n) is 3.37. The van der Waals surface area contributed by atoms with Crippen LogP contribution in [0.1, 0.15) is 10.4 Å². The number of carbonyl (C=O) groups excluding carboxylic acids is 2. The van der Waals surface area contributed by atoms with Crippen LogP contribution in [0.5, 0.6) is 5.75 Å². The Labute approximate surface area is 156 Å². The van der Waals surface area contributed by atoms with Gasteiger partial charge in [-0.05, 0) is 18.2 Å². The van der Waals surface area contributed by atoms with E-state index in [2.05, 4.69) is 5.32 Å². The molecule has 0 bridgehead atoms.